The highest BCUT2D eigenvalue weighted by Gasteiger charge is 2.19. The van der Waals surface area contributed by atoms with E-state index in [1.54, 1.807) is 18.2 Å². The van der Waals surface area contributed by atoms with Crippen LogP contribution in [0.15, 0.2) is 44.4 Å². The van der Waals surface area contributed by atoms with Gasteiger partial charge in [0.1, 0.15) is 4.21 Å². The normalized spacial score (nSPS) is 13.3. The minimum Gasteiger partial charge on any atom is -0.207 e. The Hall–Kier alpha value is -0.400. The molecule has 1 atom stereocenters. The van der Waals surface area contributed by atoms with Gasteiger partial charge in [0.05, 0.1) is 3.79 Å². The Labute approximate surface area is 136 Å². The minimum atomic E-state index is -3.48. The van der Waals surface area contributed by atoms with E-state index in [2.05, 4.69) is 20.7 Å². The van der Waals surface area contributed by atoms with Crippen molar-refractivity contribution >= 4 is 48.9 Å². The smallest absolute Gasteiger partial charge is 0.207 e. The second-order valence-corrected chi connectivity index (χ2v) is 9.19. The molecule has 0 saturated heterocycles. The quantitative estimate of drug-likeness (QED) is 0.831. The summed E-state index contributed by atoms with van der Waals surface area (Å²) in [6, 6.07) is 10.5. The molecule has 0 amide bonds. The number of hydrogen-bond donors (Lipinski definition) is 1. The summed E-state index contributed by atoms with van der Waals surface area (Å²) >= 11 is 10.5. The molecule has 0 bridgehead atoms. The van der Waals surface area contributed by atoms with Gasteiger partial charge in [-0.3, -0.25) is 0 Å². The zero-order valence-electron chi connectivity index (χ0n) is 10.6. The average molecular weight is 395 g/mol. The highest BCUT2D eigenvalue weighted by molar-refractivity contribution is 9.11. The highest BCUT2D eigenvalue weighted by atomic mass is 79.9. The molecule has 108 valence electrons. The van der Waals surface area contributed by atoms with Gasteiger partial charge in [-0.05, 0) is 53.0 Å². The van der Waals surface area contributed by atoms with Crippen molar-refractivity contribution in [1.29, 1.82) is 0 Å². The molecular formula is C13H13BrClNO2S2. The summed E-state index contributed by atoms with van der Waals surface area (Å²) in [4.78, 5) is 0. The molecule has 1 unspecified atom stereocenters. The van der Waals surface area contributed by atoms with E-state index in [9.17, 15) is 8.42 Å². The van der Waals surface area contributed by atoms with Crippen LogP contribution in [0.25, 0.3) is 0 Å². The standard InChI is InChI=1S/C13H13BrClNO2S2/c1-9(8-10-4-2-3-5-11(10)15)16-20(17,18)13-7-6-12(14)19-13/h2-7,9,16H,8H2,1H3. The van der Waals surface area contributed by atoms with Crippen LogP contribution in [0.4, 0.5) is 0 Å². The number of thiophene rings is 1. The molecule has 0 saturated carbocycles. The summed E-state index contributed by atoms with van der Waals surface area (Å²) < 4.78 is 28.1. The van der Waals surface area contributed by atoms with Crippen molar-refractivity contribution in [2.24, 2.45) is 0 Å². The zero-order valence-corrected chi connectivity index (χ0v) is 14.6. The SMILES string of the molecule is CC(Cc1ccccc1Cl)NS(=O)(=O)c1ccc(Br)s1. The molecule has 0 radical (unpaired) electrons. The molecule has 1 aromatic carbocycles. The van der Waals surface area contributed by atoms with E-state index in [0.29, 0.717) is 15.7 Å². The Balaban J connectivity index is 2.08. The highest BCUT2D eigenvalue weighted by Crippen LogP contribution is 2.26. The lowest BCUT2D eigenvalue weighted by Gasteiger charge is -2.14. The van der Waals surface area contributed by atoms with Gasteiger partial charge in [-0.2, -0.15) is 0 Å². The van der Waals surface area contributed by atoms with Gasteiger partial charge in [0, 0.05) is 11.1 Å². The van der Waals surface area contributed by atoms with Crippen LogP contribution in [0.1, 0.15) is 12.5 Å². The molecule has 1 heterocycles. The first kappa shape index (κ1) is 16.0. The predicted molar refractivity (Wildman–Crippen MR) is 87.0 cm³/mol. The third-order valence-electron chi connectivity index (χ3n) is 2.65. The number of nitrogens with one attached hydrogen (secondary N) is 1. The van der Waals surface area contributed by atoms with Crippen molar-refractivity contribution in [1.82, 2.24) is 4.72 Å². The first-order chi connectivity index (χ1) is 9.38. The number of hydrogen-bond acceptors (Lipinski definition) is 3. The molecule has 0 fully saturated rings. The number of rotatable bonds is 5. The van der Waals surface area contributed by atoms with Crippen molar-refractivity contribution in [3.8, 4) is 0 Å². The Morgan fingerprint density at radius 2 is 2.00 bits per heavy atom. The second-order valence-electron chi connectivity index (χ2n) is 4.38. The lowest BCUT2D eigenvalue weighted by atomic mass is 10.1. The zero-order chi connectivity index (χ0) is 14.8. The van der Waals surface area contributed by atoms with E-state index >= 15 is 0 Å². The van der Waals surface area contributed by atoms with E-state index in [-0.39, 0.29) is 6.04 Å². The van der Waals surface area contributed by atoms with E-state index < -0.39 is 10.0 Å². The van der Waals surface area contributed by atoms with E-state index in [4.69, 9.17) is 11.6 Å². The molecule has 2 rings (SSSR count). The summed E-state index contributed by atoms with van der Waals surface area (Å²) in [6.45, 7) is 1.82. The average Bonchev–Trinajstić information content (AvgIpc) is 2.79. The Morgan fingerprint density at radius 3 is 2.60 bits per heavy atom. The summed E-state index contributed by atoms with van der Waals surface area (Å²) in [5.74, 6) is 0. The van der Waals surface area contributed by atoms with Crippen molar-refractivity contribution in [3.05, 3.63) is 50.8 Å². The van der Waals surface area contributed by atoms with Crippen molar-refractivity contribution in [2.45, 2.75) is 23.6 Å². The molecule has 0 spiro atoms. The number of sulfonamides is 1. The van der Waals surface area contributed by atoms with Crippen LogP contribution in [-0.4, -0.2) is 14.5 Å². The fourth-order valence-corrected chi connectivity index (χ4v) is 5.28. The molecule has 1 N–H and O–H groups in total. The predicted octanol–water partition coefficient (Wildman–Crippen LogP) is 4.07. The topological polar surface area (TPSA) is 46.2 Å². The molecule has 0 aliphatic carbocycles. The van der Waals surface area contributed by atoms with Gasteiger partial charge in [-0.15, -0.1) is 11.3 Å². The third-order valence-corrected chi connectivity index (χ3v) is 6.73. The maximum Gasteiger partial charge on any atom is 0.250 e. The largest absolute Gasteiger partial charge is 0.250 e. The minimum absolute atomic E-state index is 0.235. The van der Waals surface area contributed by atoms with Gasteiger partial charge in [0.25, 0.3) is 0 Å². The summed E-state index contributed by atoms with van der Waals surface area (Å²) in [5, 5.41) is 0.650. The maximum absolute atomic E-state index is 12.2. The van der Waals surface area contributed by atoms with Crippen molar-refractivity contribution in [3.63, 3.8) is 0 Å². The summed E-state index contributed by atoms with van der Waals surface area (Å²) in [6.07, 6.45) is 0.547. The van der Waals surface area contributed by atoms with Crippen LogP contribution in [-0.2, 0) is 16.4 Å². The third kappa shape index (κ3) is 4.05. The maximum atomic E-state index is 12.2. The van der Waals surface area contributed by atoms with Gasteiger partial charge in [-0.25, -0.2) is 13.1 Å². The van der Waals surface area contributed by atoms with Gasteiger partial charge >= 0.3 is 0 Å². The van der Waals surface area contributed by atoms with Gasteiger partial charge in [0.2, 0.25) is 10.0 Å². The Kier molecular flexibility index (Phi) is 5.25. The van der Waals surface area contributed by atoms with E-state index in [0.717, 1.165) is 9.35 Å². The monoisotopic (exact) mass is 393 g/mol. The summed E-state index contributed by atoms with van der Waals surface area (Å²) in [5.41, 5.74) is 0.928. The molecule has 7 heteroatoms. The fraction of sp³-hybridized carbons (Fsp3) is 0.231. The fourth-order valence-electron chi connectivity index (χ4n) is 1.80. The van der Waals surface area contributed by atoms with Crippen molar-refractivity contribution < 1.29 is 8.42 Å². The molecule has 20 heavy (non-hydrogen) atoms. The van der Waals surface area contributed by atoms with Crippen LogP contribution < -0.4 is 4.72 Å². The molecule has 0 aliphatic heterocycles. The van der Waals surface area contributed by atoms with Crippen molar-refractivity contribution in [2.75, 3.05) is 0 Å². The molecule has 3 nitrogen and oxygen atoms in total. The Morgan fingerprint density at radius 1 is 1.30 bits per heavy atom. The first-order valence-corrected chi connectivity index (χ1v) is 9.36. The molecular weight excluding hydrogens is 382 g/mol. The van der Waals surface area contributed by atoms with Crippen LogP contribution in [0.2, 0.25) is 5.02 Å². The van der Waals surface area contributed by atoms with Gasteiger partial charge in [0.15, 0.2) is 0 Å². The van der Waals surface area contributed by atoms with Crippen LogP contribution in [0, 0.1) is 0 Å². The second kappa shape index (κ2) is 6.58. The number of benzene rings is 1. The molecule has 0 aliphatic rings. The van der Waals surface area contributed by atoms with Gasteiger partial charge in [-0.1, -0.05) is 29.8 Å². The van der Waals surface area contributed by atoms with Gasteiger partial charge < -0.3 is 0 Å². The molecule has 2 aromatic rings. The van der Waals surface area contributed by atoms with Crippen LogP contribution in [0.5, 0.6) is 0 Å². The number of halogens is 2. The molecule has 1 aromatic heterocycles. The first-order valence-electron chi connectivity index (χ1n) is 5.89. The van der Waals surface area contributed by atoms with E-state index in [1.807, 2.05) is 25.1 Å². The lowest BCUT2D eigenvalue weighted by molar-refractivity contribution is 0.562. The Bertz CT molecular complexity index is 700. The lowest BCUT2D eigenvalue weighted by Crippen LogP contribution is -2.33. The van der Waals surface area contributed by atoms with Crippen LogP contribution in [0.3, 0.4) is 0 Å². The van der Waals surface area contributed by atoms with Crippen LogP contribution >= 0.6 is 38.9 Å². The summed E-state index contributed by atoms with van der Waals surface area (Å²) in [7, 11) is -3.48. The van der Waals surface area contributed by atoms with E-state index in [1.165, 1.54) is 11.3 Å².